The zero-order valence-electron chi connectivity index (χ0n) is 11.8. The number of nitrogens with zero attached hydrogens (tertiary/aromatic N) is 4. The monoisotopic (exact) mass is 322 g/mol. The zero-order valence-corrected chi connectivity index (χ0v) is 13.3. The van der Waals surface area contributed by atoms with Crippen LogP contribution in [0, 0.1) is 6.92 Å². The van der Waals surface area contributed by atoms with Gasteiger partial charge in [0.15, 0.2) is 0 Å². The maximum Gasteiger partial charge on any atom is 0.134 e. The summed E-state index contributed by atoms with van der Waals surface area (Å²) in [5.74, 6) is 1.59. The highest BCUT2D eigenvalue weighted by molar-refractivity contribution is 6.33. The fourth-order valence-electron chi connectivity index (χ4n) is 2.56. The molecule has 3 rings (SSSR count). The molecule has 0 N–H and O–H groups in total. The number of halogens is 2. The molecule has 21 heavy (non-hydrogen) atoms. The van der Waals surface area contributed by atoms with Crippen LogP contribution in [0.1, 0.15) is 5.82 Å². The molecule has 0 unspecified atom stereocenters. The molecule has 0 radical (unpaired) electrons. The molecule has 1 aromatic heterocycles. The van der Waals surface area contributed by atoms with Crippen LogP contribution in [0.3, 0.4) is 0 Å². The first-order valence-electron chi connectivity index (χ1n) is 6.89. The standard InChI is InChI=1S/C15H16Cl2N4/c1-11-18-14(17)10-15(19-11)21-8-6-20(7-9-21)13-5-3-2-4-12(13)16/h2-5,10H,6-9H2,1H3. The fourth-order valence-corrected chi connectivity index (χ4v) is 3.04. The van der Waals surface area contributed by atoms with Gasteiger partial charge in [0.25, 0.3) is 0 Å². The molecular weight excluding hydrogens is 307 g/mol. The molecule has 2 aromatic rings. The smallest absolute Gasteiger partial charge is 0.134 e. The molecule has 2 heterocycles. The van der Waals surface area contributed by atoms with E-state index in [-0.39, 0.29) is 0 Å². The summed E-state index contributed by atoms with van der Waals surface area (Å²) in [6, 6.07) is 9.77. The number of para-hydroxylation sites is 1. The van der Waals surface area contributed by atoms with Gasteiger partial charge in [-0.15, -0.1) is 0 Å². The Bertz CT molecular complexity index is 619. The van der Waals surface area contributed by atoms with Gasteiger partial charge >= 0.3 is 0 Å². The number of aryl methyl sites for hydroxylation is 1. The molecule has 1 aliphatic heterocycles. The first-order chi connectivity index (χ1) is 10.1. The van der Waals surface area contributed by atoms with Gasteiger partial charge in [-0.1, -0.05) is 35.3 Å². The molecule has 6 heteroatoms. The SMILES string of the molecule is Cc1nc(Cl)cc(N2CCN(c3ccccc3Cl)CC2)n1. The Kier molecular flexibility index (Phi) is 4.17. The molecular formula is C15H16Cl2N4. The van der Waals surface area contributed by atoms with E-state index in [1.165, 1.54) is 0 Å². The van der Waals surface area contributed by atoms with Crippen molar-refractivity contribution in [2.45, 2.75) is 6.92 Å². The van der Waals surface area contributed by atoms with Crippen LogP contribution in [0.4, 0.5) is 11.5 Å². The summed E-state index contributed by atoms with van der Waals surface area (Å²) in [6.07, 6.45) is 0. The molecule has 0 bridgehead atoms. The number of rotatable bonds is 2. The highest BCUT2D eigenvalue weighted by Crippen LogP contribution is 2.27. The van der Waals surface area contributed by atoms with E-state index in [9.17, 15) is 0 Å². The minimum atomic E-state index is 0.492. The van der Waals surface area contributed by atoms with Gasteiger partial charge in [0, 0.05) is 32.2 Å². The van der Waals surface area contributed by atoms with E-state index in [2.05, 4.69) is 25.8 Å². The molecule has 110 valence electrons. The maximum atomic E-state index is 6.26. The Morgan fingerprint density at radius 3 is 2.29 bits per heavy atom. The lowest BCUT2D eigenvalue weighted by Gasteiger charge is -2.37. The van der Waals surface area contributed by atoms with Gasteiger partial charge in [-0.05, 0) is 19.1 Å². The van der Waals surface area contributed by atoms with Crippen molar-refractivity contribution in [3.05, 3.63) is 46.3 Å². The first kappa shape index (κ1) is 14.4. The second kappa shape index (κ2) is 6.08. The Balaban J connectivity index is 1.72. The zero-order chi connectivity index (χ0) is 14.8. The minimum Gasteiger partial charge on any atom is -0.367 e. The Labute approximate surface area is 134 Å². The van der Waals surface area contributed by atoms with Crippen molar-refractivity contribution in [1.29, 1.82) is 0 Å². The van der Waals surface area contributed by atoms with Crippen molar-refractivity contribution in [2.75, 3.05) is 36.0 Å². The van der Waals surface area contributed by atoms with Crippen molar-refractivity contribution >= 4 is 34.7 Å². The molecule has 0 atom stereocenters. The van der Waals surface area contributed by atoms with E-state index in [1.54, 1.807) is 0 Å². The van der Waals surface area contributed by atoms with Gasteiger partial charge in [-0.25, -0.2) is 9.97 Å². The third-order valence-corrected chi connectivity index (χ3v) is 4.10. The average molecular weight is 323 g/mol. The summed E-state index contributed by atoms with van der Waals surface area (Å²) in [7, 11) is 0. The predicted molar refractivity (Wildman–Crippen MR) is 87.7 cm³/mol. The largest absolute Gasteiger partial charge is 0.367 e. The normalized spacial score (nSPS) is 15.4. The van der Waals surface area contributed by atoms with Gasteiger partial charge in [-0.3, -0.25) is 0 Å². The van der Waals surface area contributed by atoms with Crippen molar-refractivity contribution in [3.63, 3.8) is 0 Å². The lowest BCUT2D eigenvalue weighted by Crippen LogP contribution is -2.47. The molecule has 1 aliphatic rings. The number of hydrogen-bond acceptors (Lipinski definition) is 4. The summed E-state index contributed by atoms with van der Waals surface area (Å²) in [5, 5.41) is 1.29. The summed E-state index contributed by atoms with van der Waals surface area (Å²) >= 11 is 12.3. The number of aromatic nitrogens is 2. The second-order valence-corrected chi connectivity index (χ2v) is 5.82. The van der Waals surface area contributed by atoms with Crippen LogP contribution in [0.2, 0.25) is 10.2 Å². The number of anilines is 2. The van der Waals surface area contributed by atoms with Crippen LogP contribution in [0.5, 0.6) is 0 Å². The van der Waals surface area contributed by atoms with Crippen LogP contribution in [0.25, 0.3) is 0 Å². The predicted octanol–water partition coefficient (Wildman–Crippen LogP) is 3.42. The van der Waals surface area contributed by atoms with E-state index >= 15 is 0 Å². The summed E-state index contributed by atoms with van der Waals surface area (Å²) in [6.45, 7) is 5.44. The first-order valence-corrected chi connectivity index (χ1v) is 7.65. The fraction of sp³-hybridized carbons (Fsp3) is 0.333. The van der Waals surface area contributed by atoms with Crippen LogP contribution in [-0.4, -0.2) is 36.1 Å². The van der Waals surface area contributed by atoms with Crippen LogP contribution < -0.4 is 9.80 Å². The van der Waals surface area contributed by atoms with E-state index in [4.69, 9.17) is 23.2 Å². The molecule has 0 amide bonds. The third-order valence-electron chi connectivity index (χ3n) is 3.59. The van der Waals surface area contributed by atoms with Crippen LogP contribution >= 0.6 is 23.2 Å². The lowest BCUT2D eigenvalue weighted by atomic mass is 10.2. The van der Waals surface area contributed by atoms with E-state index < -0.39 is 0 Å². The van der Waals surface area contributed by atoms with Crippen molar-refractivity contribution in [3.8, 4) is 0 Å². The Hall–Kier alpha value is -1.52. The maximum absolute atomic E-state index is 6.26. The molecule has 0 aliphatic carbocycles. The highest BCUT2D eigenvalue weighted by Gasteiger charge is 2.20. The van der Waals surface area contributed by atoms with Crippen LogP contribution in [0.15, 0.2) is 30.3 Å². The Morgan fingerprint density at radius 2 is 1.62 bits per heavy atom. The van der Waals surface area contributed by atoms with Gasteiger partial charge < -0.3 is 9.80 Å². The second-order valence-electron chi connectivity index (χ2n) is 5.02. The molecule has 1 saturated heterocycles. The summed E-state index contributed by atoms with van der Waals surface area (Å²) in [4.78, 5) is 13.1. The van der Waals surface area contributed by atoms with Crippen molar-refractivity contribution < 1.29 is 0 Å². The lowest BCUT2D eigenvalue weighted by molar-refractivity contribution is 0.646. The van der Waals surface area contributed by atoms with Crippen molar-refractivity contribution in [1.82, 2.24) is 9.97 Å². The van der Waals surface area contributed by atoms with Crippen LogP contribution in [-0.2, 0) is 0 Å². The van der Waals surface area contributed by atoms with E-state index in [0.717, 1.165) is 42.7 Å². The van der Waals surface area contributed by atoms with Gasteiger partial charge in [0.05, 0.1) is 10.7 Å². The summed E-state index contributed by atoms with van der Waals surface area (Å²) < 4.78 is 0. The van der Waals surface area contributed by atoms with Gasteiger partial charge in [0.1, 0.15) is 16.8 Å². The summed E-state index contributed by atoms with van der Waals surface area (Å²) in [5.41, 5.74) is 1.09. The highest BCUT2D eigenvalue weighted by atomic mass is 35.5. The molecule has 1 aromatic carbocycles. The Morgan fingerprint density at radius 1 is 0.952 bits per heavy atom. The number of benzene rings is 1. The van der Waals surface area contributed by atoms with Crippen molar-refractivity contribution in [2.24, 2.45) is 0 Å². The minimum absolute atomic E-state index is 0.492. The van der Waals surface area contributed by atoms with Gasteiger partial charge in [-0.2, -0.15) is 0 Å². The molecule has 0 saturated carbocycles. The van der Waals surface area contributed by atoms with Gasteiger partial charge in [0.2, 0.25) is 0 Å². The van der Waals surface area contributed by atoms with E-state index in [1.807, 2.05) is 31.2 Å². The molecule has 0 spiro atoms. The van der Waals surface area contributed by atoms with E-state index in [0.29, 0.717) is 11.0 Å². The average Bonchev–Trinajstić information content (AvgIpc) is 2.47. The molecule has 4 nitrogen and oxygen atoms in total. The molecule has 1 fully saturated rings. The topological polar surface area (TPSA) is 32.3 Å². The quantitative estimate of drug-likeness (QED) is 0.793. The third kappa shape index (κ3) is 3.22. The number of piperazine rings is 1. The number of hydrogen-bond donors (Lipinski definition) is 0.